The lowest BCUT2D eigenvalue weighted by molar-refractivity contribution is 1.02. The Bertz CT molecular complexity index is 2510. The third-order valence-corrected chi connectivity index (χ3v) is 10.3. The number of aryl methyl sites for hydroxylation is 1. The predicted octanol–water partition coefficient (Wildman–Crippen LogP) is 16.5. The van der Waals surface area contributed by atoms with Crippen LogP contribution in [0.1, 0.15) is 117 Å². The highest BCUT2D eigenvalue weighted by molar-refractivity contribution is 6.19. The summed E-state index contributed by atoms with van der Waals surface area (Å²) in [7, 11) is 0. The highest BCUT2D eigenvalue weighted by Gasteiger charge is 2.25. The van der Waals surface area contributed by atoms with Gasteiger partial charge >= 0.3 is 0 Å². The number of hydrogen-bond donors (Lipinski definition) is 0. The van der Waals surface area contributed by atoms with Crippen LogP contribution in [0, 0.1) is 11.3 Å². The summed E-state index contributed by atoms with van der Waals surface area (Å²) in [4.78, 5) is 2.37. The van der Waals surface area contributed by atoms with Crippen molar-refractivity contribution in [2.75, 3.05) is 4.90 Å². The molecule has 1 aliphatic rings. The molecule has 0 unspecified atom stereocenters. The van der Waals surface area contributed by atoms with E-state index in [-0.39, 0.29) is 0 Å². The maximum absolute atomic E-state index is 9.51. The summed E-state index contributed by atoms with van der Waals surface area (Å²) in [5, 5.41) is 16.1. The third-order valence-electron chi connectivity index (χ3n) is 10.3. The second-order valence-electron chi connectivity index (χ2n) is 13.1. The molecule has 0 N–H and O–H groups in total. The SMILES string of the molecule is C/C=C\C=C(/CC)N(c1ccc(C#N)cc1)c1ccc2c3c1ccc1ccc(-c4ccc5c(c4)c(CC)c(/C=C\C)n5C(/C=C\C)=C/C)c(c13)C2.CC.CC.CC. The van der Waals surface area contributed by atoms with Crippen molar-refractivity contribution in [1.29, 1.82) is 5.26 Å². The van der Waals surface area contributed by atoms with Crippen LogP contribution in [-0.2, 0) is 12.8 Å². The second-order valence-corrected chi connectivity index (χ2v) is 13.1. The molecule has 3 heteroatoms. The maximum atomic E-state index is 9.51. The summed E-state index contributed by atoms with van der Waals surface area (Å²) >= 11 is 0. The van der Waals surface area contributed by atoms with Crippen LogP contribution >= 0.6 is 0 Å². The summed E-state index contributed by atoms with van der Waals surface area (Å²) in [6, 6.07) is 31.2. The Kier molecular flexibility index (Phi) is 16.1. The molecule has 5 aromatic carbocycles. The first kappa shape index (κ1) is 43.9. The van der Waals surface area contributed by atoms with Gasteiger partial charge in [0.15, 0.2) is 0 Å². The van der Waals surface area contributed by atoms with E-state index < -0.39 is 0 Å². The van der Waals surface area contributed by atoms with Crippen molar-refractivity contribution in [2.45, 2.75) is 102 Å². The molecule has 0 aliphatic heterocycles. The minimum absolute atomic E-state index is 0.661. The van der Waals surface area contributed by atoms with Crippen molar-refractivity contribution in [1.82, 2.24) is 4.57 Å². The van der Waals surface area contributed by atoms with Gasteiger partial charge < -0.3 is 9.47 Å². The van der Waals surface area contributed by atoms with Crippen molar-refractivity contribution in [2.24, 2.45) is 0 Å². The lowest BCUT2D eigenvalue weighted by atomic mass is 9.93. The average Bonchev–Trinajstić information content (AvgIpc) is 3.82. The summed E-state index contributed by atoms with van der Waals surface area (Å²) in [6.45, 7) is 24.8. The van der Waals surface area contributed by atoms with Crippen LogP contribution in [0.4, 0.5) is 11.4 Å². The van der Waals surface area contributed by atoms with E-state index >= 15 is 0 Å². The number of rotatable bonds is 10. The van der Waals surface area contributed by atoms with Gasteiger partial charge in [-0.3, -0.25) is 0 Å². The first-order valence-electron chi connectivity index (χ1n) is 21.2. The average molecular weight is 754 g/mol. The summed E-state index contributed by atoms with van der Waals surface area (Å²) in [5.41, 5.74) is 14.5. The largest absolute Gasteiger partial charge is 0.314 e. The Labute approximate surface area is 343 Å². The highest BCUT2D eigenvalue weighted by atomic mass is 15.1. The van der Waals surface area contributed by atoms with Crippen LogP contribution in [0.2, 0.25) is 0 Å². The van der Waals surface area contributed by atoms with E-state index in [1.54, 1.807) is 0 Å². The molecule has 3 nitrogen and oxygen atoms in total. The number of hydrogen-bond acceptors (Lipinski definition) is 2. The van der Waals surface area contributed by atoms with E-state index in [0.717, 1.165) is 30.6 Å². The Morgan fingerprint density at radius 3 is 2.11 bits per heavy atom. The Morgan fingerprint density at radius 1 is 0.772 bits per heavy atom. The van der Waals surface area contributed by atoms with Gasteiger partial charge in [0.05, 0.1) is 22.8 Å². The summed E-state index contributed by atoms with van der Waals surface area (Å²) < 4.78 is 2.41. The van der Waals surface area contributed by atoms with Crippen LogP contribution in [0.15, 0.2) is 127 Å². The van der Waals surface area contributed by atoms with Gasteiger partial charge in [0, 0.05) is 33.5 Å². The zero-order chi connectivity index (χ0) is 41.6. The molecule has 7 rings (SSSR count). The van der Waals surface area contributed by atoms with Gasteiger partial charge in [-0.2, -0.15) is 5.26 Å². The van der Waals surface area contributed by atoms with E-state index in [2.05, 4.69) is 172 Å². The van der Waals surface area contributed by atoms with Gasteiger partial charge in [0.25, 0.3) is 0 Å². The number of aromatic nitrogens is 1. The van der Waals surface area contributed by atoms with E-state index in [1.165, 1.54) is 77.4 Å². The Balaban J connectivity index is 0.00000115. The van der Waals surface area contributed by atoms with Gasteiger partial charge in [-0.1, -0.05) is 122 Å². The molecule has 1 aromatic heterocycles. The third kappa shape index (κ3) is 8.33. The second kappa shape index (κ2) is 20.9. The topological polar surface area (TPSA) is 32.0 Å². The molecule has 1 heterocycles. The molecular weight excluding hydrogens is 691 g/mol. The smallest absolute Gasteiger partial charge is 0.0991 e. The number of anilines is 2. The van der Waals surface area contributed by atoms with Gasteiger partial charge in [0.2, 0.25) is 0 Å². The molecule has 0 bridgehead atoms. The van der Waals surface area contributed by atoms with Crippen molar-refractivity contribution in [3.8, 4) is 17.2 Å². The number of benzene rings is 5. The monoisotopic (exact) mass is 754 g/mol. The summed E-state index contributed by atoms with van der Waals surface area (Å²) in [6.07, 6.45) is 20.0. The normalized spacial score (nSPS) is 12.3. The zero-order valence-corrected chi connectivity index (χ0v) is 36.6. The fourth-order valence-corrected chi connectivity index (χ4v) is 8.08. The van der Waals surface area contributed by atoms with Crippen molar-refractivity contribution in [3.05, 3.63) is 155 Å². The zero-order valence-electron chi connectivity index (χ0n) is 36.6. The van der Waals surface area contributed by atoms with Crippen LogP contribution in [-0.4, -0.2) is 4.57 Å². The van der Waals surface area contributed by atoms with E-state index in [1.807, 2.05) is 53.7 Å². The van der Waals surface area contributed by atoms with Crippen LogP contribution in [0.3, 0.4) is 0 Å². The number of fused-ring (bicyclic) bond motifs is 1. The van der Waals surface area contributed by atoms with Gasteiger partial charge in [-0.15, -0.1) is 0 Å². The van der Waals surface area contributed by atoms with Crippen molar-refractivity contribution in [3.63, 3.8) is 0 Å². The predicted molar refractivity (Wildman–Crippen MR) is 255 cm³/mol. The molecule has 1 aliphatic carbocycles. The maximum Gasteiger partial charge on any atom is 0.0991 e. The van der Waals surface area contributed by atoms with Gasteiger partial charge in [0.1, 0.15) is 0 Å². The molecular formula is C54H63N3. The Morgan fingerprint density at radius 2 is 1.49 bits per heavy atom. The molecule has 294 valence electrons. The number of nitrogens with zero attached hydrogens (tertiary/aromatic N) is 3. The molecule has 0 saturated heterocycles. The standard InChI is InChI=1S/C48H45N3.3C2H6/c1-7-13-16-37(11-5)50(38-23-17-32(31-49)18-24-38)45-28-22-35-30-43-40(25-19-33-20-26-41(45)48(35)47(33)43)34-21-27-46-42(29-34)39(12-6)44(15-9-3)51(46)36(10-4)14-8-2;3*1-2/h7-10,13-29H,11-12,30H2,1-6H3;3*1-2H3/b13-7-,14-8-,15-9-,36-10+,37-16+;;;. The van der Waals surface area contributed by atoms with E-state index in [9.17, 15) is 5.26 Å². The molecule has 0 spiro atoms. The molecule has 57 heavy (non-hydrogen) atoms. The lowest BCUT2D eigenvalue weighted by Gasteiger charge is -2.29. The molecule has 0 amide bonds. The van der Waals surface area contributed by atoms with Crippen molar-refractivity contribution >= 4 is 55.6 Å². The minimum atomic E-state index is 0.661. The van der Waals surface area contributed by atoms with Crippen LogP contribution < -0.4 is 4.90 Å². The first-order valence-corrected chi connectivity index (χ1v) is 21.2. The molecule has 0 saturated carbocycles. The van der Waals surface area contributed by atoms with E-state index in [0.29, 0.717) is 5.56 Å². The van der Waals surface area contributed by atoms with Gasteiger partial charge in [-0.25, -0.2) is 0 Å². The van der Waals surface area contributed by atoms with Gasteiger partial charge in [-0.05, 0) is 152 Å². The van der Waals surface area contributed by atoms with Crippen LogP contribution in [0.25, 0.3) is 55.3 Å². The Hall–Kier alpha value is -5.85. The number of nitriles is 1. The molecule has 0 radical (unpaired) electrons. The fourth-order valence-electron chi connectivity index (χ4n) is 8.08. The quantitative estimate of drug-likeness (QED) is 0.103. The summed E-state index contributed by atoms with van der Waals surface area (Å²) in [5.74, 6) is 0. The first-order chi connectivity index (χ1) is 28.0. The molecule has 6 aromatic rings. The molecule has 0 atom stereocenters. The lowest BCUT2D eigenvalue weighted by Crippen LogP contribution is -2.16. The highest BCUT2D eigenvalue weighted by Crippen LogP contribution is 2.47. The van der Waals surface area contributed by atoms with Crippen molar-refractivity contribution < 1.29 is 0 Å². The minimum Gasteiger partial charge on any atom is -0.314 e. The number of allylic oxidation sites excluding steroid dienone is 9. The van der Waals surface area contributed by atoms with E-state index in [4.69, 9.17) is 0 Å². The van der Waals surface area contributed by atoms with Crippen LogP contribution in [0.5, 0.6) is 0 Å². The molecule has 0 fully saturated rings. The fraction of sp³-hybridized carbons (Fsp3) is 0.278.